The van der Waals surface area contributed by atoms with Crippen molar-refractivity contribution in [2.75, 3.05) is 0 Å². The Balaban J connectivity index is 1.71. The summed E-state index contributed by atoms with van der Waals surface area (Å²) in [5.41, 5.74) is 1.17. The lowest BCUT2D eigenvalue weighted by Gasteiger charge is -2.09. The van der Waals surface area contributed by atoms with Crippen molar-refractivity contribution >= 4 is 5.78 Å². The van der Waals surface area contributed by atoms with Gasteiger partial charge >= 0.3 is 0 Å². The van der Waals surface area contributed by atoms with Crippen LogP contribution in [-0.2, 0) is 11.2 Å². The van der Waals surface area contributed by atoms with Crippen molar-refractivity contribution in [1.29, 1.82) is 0 Å². The summed E-state index contributed by atoms with van der Waals surface area (Å²) in [6, 6.07) is 6.53. The lowest BCUT2D eigenvalue weighted by molar-refractivity contribution is -0.124. The molecule has 0 heterocycles. The molecule has 16 heavy (non-hydrogen) atoms. The smallest absolute Gasteiger partial charge is 0.142 e. The van der Waals surface area contributed by atoms with Gasteiger partial charge in [0.05, 0.1) is 0 Å². The minimum Gasteiger partial charge on any atom is -0.299 e. The molecule has 1 unspecified atom stereocenters. The van der Waals surface area contributed by atoms with E-state index in [1.165, 1.54) is 12.1 Å². The first-order valence-corrected chi connectivity index (χ1v) is 5.98. The highest BCUT2D eigenvalue weighted by molar-refractivity contribution is 5.91. The van der Waals surface area contributed by atoms with Gasteiger partial charge in [0.2, 0.25) is 0 Å². The summed E-state index contributed by atoms with van der Waals surface area (Å²) in [6.45, 7) is 0. The zero-order valence-electron chi connectivity index (χ0n) is 9.21. The molecule has 0 N–H and O–H groups in total. The third kappa shape index (κ3) is 1.57. The predicted molar refractivity (Wildman–Crippen MR) is 59.5 cm³/mol. The summed E-state index contributed by atoms with van der Waals surface area (Å²) in [6.07, 6.45) is 5.10. The lowest BCUT2D eigenvalue weighted by Crippen LogP contribution is -2.16. The van der Waals surface area contributed by atoms with Crippen molar-refractivity contribution in [1.82, 2.24) is 0 Å². The quantitative estimate of drug-likeness (QED) is 0.745. The maximum Gasteiger partial charge on any atom is 0.142 e. The molecule has 0 saturated heterocycles. The fourth-order valence-corrected chi connectivity index (χ4v) is 2.88. The average Bonchev–Trinajstić information content (AvgIpc) is 3.01. The fourth-order valence-electron chi connectivity index (χ4n) is 2.88. The van der Waals surface area contributed by atoms with Crippen LogP contribution < -0.4 is 0 Å². The second kappa shape index (κ2) is 3.41. The molecule has 1 atom stereocenters. The number of ketones is 1. The van der Waals surface area contributed by atoms with Crippen molar-refractivity contribution < 1.29 is 9.18 Å². The topological polar surface area (TPSA) is 17.1 Å². The molecule has 2 fully saturated rings. The minimum atomic E-state index is -0.208. The molecule has 1 aromatic carbocycles. The highest BCUT2D eigenvalue weighted by Crippen LogP contribution is 2.57. The summed E-state index contributed by atoms with van der Waals surface area (Å²) in [5.74, 6) is 0.449. The van der Waals surface area contributed by atoms with Gasteiger partial charge in [0.1, 0.15) is 11.6 Å². The first kappa shape index (κ1) is 10.0. The van der Waals surface area contributed by atoms with Crippen LogP contribution in [0.4, 0.5) is 4.39 Å². The standard InChI is InChI=1S/C14H15FO/c15-12-3-1-10(2-4-12)9-11-5-6-14(7-8-14)13(11)16/h1-4,11H,5-9H2. The largest absolute Gasteiger partial charge is 0.299 e. The summed E-state index contributed by atoms with van der Waals surface area (Å²) < 4.78 is 12.7. The van der Waals surface area contributed by atoms with E-state index in [0.717, 1.165) is 37.7 Å². The number of carbonyl (C=O) groups is 1. The molecule has 2 aliphatic rings. The normalized spacial score (nSPS) is 26.3. The third-order valence-electron chi connectivity index (χ3n) is 4.11. The van der Waals surface area contributed by atoms with Crippen LogP contribution in [0.1, 0.15) is 31.2 Å². The van der Waals surface area contributed by atoms with E-state index in [0.29, 0.717) is 5.78 Å². The van der Waals surface area contributed by atoms with Gasteiger partial charge < -0.3 is 0 Å². The van der Waals surface area contributed by atoms with Gasteiger partial charge in [0.25, 0.3) is 0 Å². The summed E-state index contributed by atoms with van der Waals surface area (Å²) >= 11 is 0. The van der Waals surface area contributed by atoms with E-state index in [1.807, 2.05) is 0 Å². The van der Waals surface area contributed by atoms with E-state index in [-0.39, 0.29) is 17.2 Å². The van der Waals surface area contributed by atoms with Gasteiger partial charge in [-0.1, -0.05) is 12.1 Å². The molecular weight excluding hydrogens is 203 g/mol. The molecule has 0 bridgehead atoms. The number of halogens is 1. The van der Waals surface area contributed by atoms with Crippen molar-refractivity contribution in [3.63, 3.8) is 0 Å². The molecule has 0 amide bonds. The van der Waals surface area contributed by atoms with Gasteiger partial charge in [0, 0.05) is 11.3 Å². The molecule has 2 aliphatic carbocycles. The highest BCUT2D eigenvalue weighted by atomic mass is 19.1. The second-order valence-electron chi connectivity index (χ2n) is 5.21. The molecule has 84 valence electrons. The van der Waals surface area contributed by atoms with Crippen LogP contribution in [0.2, 0.25) is 0 Å². The van der Waals surface area contributed by atoms with Crippen molar-refractivity contribution in [3.8, 4) is 0 Å². The van der Waals surface area contributed by atoms with Gasteiger partial charge in [-0.05, 0) is 49.8 Å². The van der Waals surface area contributed by atoms with Crippen molar-refractivity contribution in [2.24, 2.45) is 11.3 Å². The first-order valence-electron chi connectivity index (χ1n) is 5.98. The summed E-state index contributed by atoms with van der Waals surface area (Å²) in [4.78, 5) is 12.1. The molecule has 0 aromatic heterocycles. The van der Waals surface area contributed by atoms with Gasteiger partial charge in [-0.25, -0.2) is 4.39 Å². The van der Waals surface area contributed by atoms with Gasteiger partial charge in [0.15, 0.2) is 0 Å². The van der Waals surface area contributed by atoms with Crippen LogP contribution in [0.25, 0.3) is 0 Å². The zero-order valence-corrected chi connectivity index (χ0v) is 9.21. The van der Waals surface area contributed by atoms with Gasteiger partial charge in [-0.3, -0.25) is 4.79 Å². The Bertz CT molecular complexity index is 417. The molecule has 0 radical (unpaired) electrons. The zero-order chi connectivity index (χ0) is 11.2. The Morgan fingerprint density at radius 2 is 1.88 bits per heavy atom. The van der Waals surface area contributed by atoms with Crippen LogP contribution >= 0.6 is 0 Å². The molecule has 1 aromatic rings. The number of hydrogen-bond acceptors (Lipinski definition) is 1. The molecule has 3 rings (SSSR count). The lowest BCUT2D eigenvalue weighted by atomic mass is 9.94. The number of benzene rings is 1. The second-order valence-corrected chi connectivity index (χ2v) is 5.21. The number of rotatable bonds is 2. The number of carbonyl (C=O) groups excluding carboxylic acids is 1. The highest BCUT2D eigenvalue weighted by Gasteiger charge is 2.55. The minimum absolute atomic E-state index is 0.0880. The first-order chi connectivity index (χ1) is 7.70. The maximum absolute atomic E-state index is 12.7. The Labute approximate surface area is 94.7 Å². The van der Waals surface area contributed by atoms with Crippen LogP contribution in [0.3, 0.4) is 0 Å². The molecular formula is C14H15FO. The number of hydrogen-bond donors (Lipinski definition) is 0. The Morgan fingerprint density at radius 1 is 1.19 bits per heavy atom. The Hall–Kier alpha value is -1.18. The maximum atomic E-state index is 12.7. The van der Waals surface area contributed by atoms with E-state index >= 15 is 0 Å². The van der Waals surface area contributed by atoms with Crippen LogP contribution in [0, 0.1) is 17.2 Å². The number of Topliss-reactive ketones (excluding diaryl/α,β-unsaturated/α-hetero) is 1. The van der Waals surface area contributed by atoms with Crippen molar-refractivity contribution in [2.45, 2.75) is 32.1 Å². The third-order valence-corrected chi connectivity index (χ3v) is 4.11. The predicted octanol–water partition coefficient (Wildman–Crippen LogP) is 3.13. The van der Waals surface area contributed by atoms with Crippen LogP contribution in [0.15, 0.2) is 24.3 Å². The van der Waals surface area contributed by atoms with E-state index < -0.39 is 0 Å². The fraction of sp³-hybridized carbons (Fsp3) is 0.500. The van der Waals surface area contributed by atoms with Crippen LogP contribution in [0.5, 0.6) is 0 Å². The van der Waals surface area contributed by atoms with E-state index in [1.54, 1.807) is 12.1 Å². The van der Waals surface area contributed by atoms with E-state index in [4.69, 9.17) is 0 Å². The Kier molecular flexibility index (Phi) is 2.13. The summed E-state index contributed by atoms with van der Waals surface area (Å²) in [5, 5.41) is 0. The molecule has 0 aliphatic heterocycles. The molecule has 1 spiro atoms. The average molecular weight is 218 g/mol. The van der Waals surface area contributed by atoms with Crippen molar-refractivity contribution in [3.05, 3.63) is 35.6 Å². The van der Waals surface area contributed by atoms with Gasteiger partial charge in [-0.15, -0.1) is 0 Å². The van der Waals surface area contributed by atoms with Crippen LogP contribution in [-0.4, -0.2) is 5.78 Å². The van der Waals surface area contributed by atoms with E-state index in [9.17, 15) is 9.18 Å². The van der Waals surface area contributed by atoms with E-state index in [2.05, 4.69) is 0 Å². The SMILES string of the molecule is O=C1C(Cc2ccc(F)cc2)CCC12CC2. The Morgan fingerprint density at radius 3 is 2.44 bits per heavy atom. The monoisotopic (exact) mass is 218 g/mol. The van der Waals surface area contributed by atoms with Gasteiger partial charge in [-0.2, -0.15) is 0 Å². The molecule has 1 nitrogen and oxygen atoms in total. The summed E-state index contributed by atoms with van der Waals surface area (Å²) in [7, 11) is 0. The molecule has 2 heteroatoms. The molecule has 2 saturated carbocycles.